The zero-order valence-electron chi connectivity index (χ0n) is 20.1. The topological polar surface area (TPSA) is 60.8 Å². The average Bonchev–Trinajstić information content (AvgIpc) is 3.09. The molecular weight excluding hydrogens is 441 g/mol. The molecule has 2 N–H and O–H groups in total. The Morgan fingerprint density at radius 1 is 0.714 bits per heavy atom. The third-order valence-electron chi connectivity index (χ3n) is 6.99. The number of aromatic hydroxyl groups is 2. The van der Waals surface area contributed by atoms with Gasteiger partial charge in [-0.3, -0.25) is 9.69 Å². The fourth-order valence-electron chi connectivity index (χ4n) is 5.32. The van der Waals surface area contributed by atoms with Crippen molar-refractivity contribution in [3.63, 3.8) is 0 Å². The maximum absolute atomic E-state index is 14.7. The summed E-state index contributed by atoms with van der Waals surface area (Å²) in [4.78, 5) is 16.3. The predicted molar refractivity (Wildman–Crippen MR) is 135 cm³/mol. The summed E-state index contributed by atoms with van der Waals surface area (Å²) in [6.45, 7) is 7.23. The van der Waals surface area contributed by atoms with Gasteiger partial charge in [0.25, 0.3) is 5.91 Å². The second kappa shape index (κ2) is 7.98. The Morgan fingerprint density at radius 3 is 1.74 bits per heavy atom. The highest BCUT2D eigenvalue weighted by molar-refractivity contribution is 6.17. The van der Waals surface area contributed by atoms with Gasteiger partial charge < -0.3 is 10.2 Å². The summed E-state index contributed by atoms with van der Waals surface area (Å²) in [5, 5.41) is 21.0. The van der Waals surface area contributed by atoms with Gasteiger partial charge in [0.15, 0.2) is 0 Å². The SMILES string of the molecule is Cc1cc(C2(c3cc(C)c(O)c(C)c3)C(=O)N(c3cccc(F)c3)c3ccccc32)cc(C)c1O. The van der Waals surface area contributed by atoms with Gasteiger partial charge in [-0.15, -0.1) is 0 Å². The number of carbonyl (C=O) groups excluding carboxylic acids is 1. The van der Waals surface area contributed by atoms with Crippen LogP contribution in [0, 0.1) is 33.5 Å². The molecule has 4 nitrogen and oxygen atoms in total. The quantitative estimate of drug-likeness (QED) is 0.362. The van der Waals surface area contributed by atoms with E-state index in [0.29, 0.717) is 44.8 Å². The molecule has 5 rings (SSSR count). The number of halogens is 1. The van der Waals surface area contributed by atoms with Crippen LogP contribution in [0.25, 0.3) is 0 Å². The van der Waals surface area contributed by atoms with Gasteiger partial charge >= 0.3 is 0 Å². The van der Waals surface area contributed by atoms with E-state index in [1.165, 1.54) is 12.1 Å². The number of aryl methyl sites for hydroxylation is 4. The first kappa shape index (κ1) is 22.7. The lowest BCUT2D eigenvalue weighted by molar-refractivity contribution is -0.120. The molecule has 5 heteroatoms. The number of anilines is 2. The standard InChI is InChI=1S/C30H26FNO3/c1-17-12-21(13-18(2)27(17)33)30(22-14-19(3)28(34)20(4)15-22)25-10-5-6-11-26(25)32(29(30)35)24-9-7-8-23(31)16-24/h5-16,33-34H,1-4H3. The van der Waals surface area contributed by atoms with Crippen molar-refractivity contribution in [2.45, 2.75) is 33.1 Å². The van der Waals surface area contributed by atoms with Crippen LogP contribution in [0.15, 0.2) is 72.8 Å². The Kier molecular flexibility index (Phi) is 5.17. The van der Waals surface area contributed by atoms with Crippen LogP contribution in [0.2, 0.25) is 0 Å². The van der Waals surface area contributed by atoms with E-state index in [-0.39, 0.29) is 17.4 Å². The van der Waals surface area contributed by atoms with Gasteiger partial charge in [-0.25, -0.2) is 4.39 Å². The molecule has 1 heterocycles. The molecule has 0 unspecified atom stereocenters. The normalized spacial score (nSPS) is 14.3. The number of hydrogen-bond acceptors (Lipinski definition) is 3. The van der Waals surface area contributed by atoms with Gasteiger partial charge in [-0.1, -0.05) is 48.5 Å². The number of para-hydroxylation sites is 1. The van der Waals surface area contributed by atoms with Crippen LogP contribution in [0.4, 0.5) is 15.8 Å². The van der Waals surface area contributed by atoms with Crippen molar-refractivity contribution >= 4 is 17.3 Å². The Balaban J connectivity index is 1.92. The highest BCUT2D eigenvalue weighted by Gasteiger charge is 2.54. The van der Waals surface area contributed by atoms with Crippen LogP contribution in [-0.2, 0) is 10.2 Å². The van der Waals surface area contributed by atoms with Crippen LogP contribution in [0.3, 0.4) is 0 Å². The summed E-state index contributed by atoms with van der Waals surface area (Å²) in [5.41, 5.74) is 4.60. The van der Waals surface area contributed by atoms with Gasteiger partial charge in [0.1, 0.15) is 22.7 Å². The number of phenolic OH excluding ortho intramolecular Hbond substituents is 2. The van der Waals surface area contributed by atoms with Crippen molar-refractivity contribution in [1.82, 2.24) is 0 Å². The number of phenols is 2. The van der Waals surface area contributed by atoms with Crippen molar-refractivity contribution in [2.75, 3.05) is 4.90 Å². The van der Waals surface area contributed by atoms with E-state index >= 15 is 0 Å². The second-order valence-corrected chi connectivity index (χ2v) is 9.30. The minimum atomic E-state index is -1.27. The van der Waals surface area contributed by atoms with Gasteiger partial charge in [0.2, 0.25) is 0 Å². The van der Waals surface area contributed by atoms with E-state index in [1.54, 1.807) is 17.0 Å². The van der Waals surface area contributed by atoms with Crippen LogP contribution >= 0.6 is 0 Å². The van der Waals surface area contributed by atoms with E-state index in [9.17, 15) is 19.4 Å². The molecule has 0 aromatic heterocycles. The first-order chi connectivity index (χ1) is 16.7. The molecule has 0 saturated heterocycles. The van der Waals surface area contributed by atoms with E-state index < -0.39 is 11.2 Å². The summed E-state index contributed by atoms with van der Waals surface area (Å²) >= 11 is 0. The first-order valence-electron chi connectivity index (χ1n) is 11.5. The second-order valence-electron chi connectivity index (χ2n) is 9.30. The summed E-state index contributed by atoms with van der Waals surface area (Å²) in [6.07, 6.45) is 0. The molecule has 0 bridgehead atoms. The monoisotopic (exact) mass is 467 g/mol. The van der Waals surface area contributed by atoms with Crippen LogP contribution in [-0.4, -0.2) is 16.1 Å². The molecule has 0 saturated carbocycles. The van der Waals surface area contributed by atoms with Gasteiger partial charge in [-0.2, -0.15) is 0 Å². The minimum absolute atomic E-state index is 0.183. The molecule has 0 aliphatic carbocycles. The molecule has 35 heavy (non-hydrogen) atoms. The lowest BCUT2D eigenvalue weighted by Crippen LogP contribution is -2.40. The predicted octanol–water partition coefficient (Wildman–Crippen LogP) is 6.48. The zero-order chi connectivity index (χ0) is 25.1. The van der Waals surface area contributed by atoms with Crippen LogP contribution < -0.4 is 4.90 Å². The highest BCUT2D eigenvalue weighted by atomic mass is 19.1. The van der Waals surface area contributed by atoms with Crippen molar-refractivity contribution in [3.05, 3.63) is 118 Å². The molecule has 0 spiro atoms. The van der Waals surface area contributed by atoms with Gasteiger partial charge in [0.05, 0.1) is 11.4 Å². The molecule has 0 radical (unpaired) electrons. The number of nitrogens with zero attached hydrogens (tertiary/aromatic N) is 1. The van der Waals surface area contributed by atoms with Crippen molar-refractivity contribution < 1.29 is 19.4 Å². The summed E-state index contributed by atoms with van der Waals surface area (Å²) < 4.78 is 14.3. The highest BCUT2D eigenvalue weighted by Crippen LogP contribution is 2.54. The Labute approximate surface area is 203 Å². The van der Waals surface area contributed by atoms with E-state index in [4.69, 9.17) is 0 Å². The number of amides is 1. The van der Waals surface area contributed by atoms with E-state index in [2.05, 4.69) is 0 Å². The first-order valence-corrected chi connectivity index (χ1v) is 11.5. The smallest absolute Gasteiger partial charge is 0.251 e. The van der Waals surface area contributed by atoms with E-state index in [1.807, 2.05) is 76.2 Å². The number of fused-ring (bicyclic) bond motifs is 1. The molecule has 1 amide bonds. The molecule has 1 aliphatic heterocycles. The number of rotatable bonds is 3. The van der Waals surface area contributed by atoms with E-state index in [0.717, 1.165) is 5.56 Å². The van der Waals surface area contributed by atoms with Crippen LogP contribution in [0.1, 0.15) is 38.9 Å². The Hall–Kier alpha value is -4.12. The maximum atomic E-state index is 14.7. The molecule has 4 aromatic rings. The molecule has 0 atom stereocenters. The third kappa shape index (κ3) is 3.22. The summed E-state index contributed by atoms with van der Waals surface area (Å²) in [7, 11) is 0. The number of carbonyl (C=O) groups is 1. The Morgan fingerprint density at radius 2 is 1.23 bits per heavy atom. The molecular formula is C30H26FNO3. The molecule has 4 aromatic carbocycles. The molecule has 1 aliphatic rings. The molecule has 0 fully saturated rings. The molecule has 176 valence electrons. The largest absolute Gasteiger partial charge is 0.507 e. The van der Waals surface area contributed by atoms with Crippen molar-refractivity contribution in [1.29, 1.82) is 0 Å². The average molecular weight is 468 g/mol. The fraction of sp³-hybridized carbons (Fsp3) is 0.167. The number of benzene rings is 4. The van der Waals surface area contributed by atoms with Crippen molar-refractivity contribution in [3.8, 4) is 11.5 Å². The Bertz CT molecular complexity index is 1400. The van der Waals surface area contributed by atoms with Gasteiger partial charge in [-0.05, 0) is 85.3 Å². The lowest BCUT2D eigenvalue weighted by atomic mass is 9.69. The minimum Gasteiger partial charge on any atom is -0.507 e. The van der Waals surface area contributed by atoms with Crippen molar-refractivity contribution in [2.24, 2.45) is 0 Å². The summed E-state index contributed by atoms with van der Waals surface area (Å²) in [5.74, 6) is -0.318. The third-order valence-corrected chi connectivity index (χ3v) is 6.99. The van der Waals surface area contributed by atoms with Gasteiger partial charge in [0, 0.05) is 5.56 Å². The number of hydrogen-bond donors (Lipinski definition) is 2. The summed E-state index contributed by atoms with van der Waals surface area (Å²) in [6, 6.07) is 20.9. The maximum Gasteiger partial charge on any atom is 0.251 e. The fourth-order valence-corrected chi connectivity index (χ4v) is 5.32. The zero-order valence-corrected chi connectivity index (χ0v) is 20.1. The van der Waals surface area contributed by atoms with Crippen LogP contribution in [0.5, 0.6) is 11.5 Å². The lowest BCUT2D eigenvalue weighted by Gasteiger charge is -2.32.